The Hall–Kier alpha value is -3.52. The minimum Gasteiger partial charge on any atom is -0.453 e. The van der Waals surface area contributed by atoms with E-state index in [0.29, 0.717) is 32.5 Å². The summed E-state index contributed by atoms with van der Waals surface area (Å²) in [6, 6.07) is 10.1. The third-order valence-corrected chi connectivity index (χ3v) is 7.45. The first-order chi connectivity index (χ1) is 17.1. The van der Waals surface area contributed by atoms with Gasteiger partial charge in [0.25, 0.3) is 0 Å². The summed E-state index contributed by atoms with van der Waals surface area (Å²) in [5.41, 5.74) is 3.12. The van der Waals surface area contributed by atoms with Crippen LogP contribution in [0.1, 0.15) is 42.5 Å². The number of pyridine rings is 2. The third-order valence-electron chi connectivity index (χ3n) is 7.45. The SMILES string of the molecule is COC(=O)N1CCC2(CC1)C(=O)N(Cc1ncc3ccccc3c1CCCCO)c1cnccc12. The van der Waals surface area contributed by atoms with E-state index in [1.807, 2.05) is 35.4 Å². The molecule has 2 amide bonds. The largest absolute Gasteiger partial charge is 0.453 e. The number of fused-ring (bicyclic) bond motifs is 3. The molecule has 3 aromatic rings. The number of piperidine rings is 1. The number of amides is 2. The highest BCUT2D eigenvalue weighted by Crippen LogP contribution is 2.48. The van der Waals surface area contributed by atoms with Crippen LogP contribution in [-0.4, -0.2) is 58.8 Å². The lowest BCUT2D eigenvalue weighted by Gasteiger charge is -2.37. The van der Waals surface area contributed by atoms with E-state index >= 15 is 0 Å². The molecule has 0 bridgehead atoms. The van der Waals surface area contributed by atoms with Crippen molar-refractivity contribution in [3.05, 3.63) is 65.7 Å². The summed E-state index contributed by atoms with van der Waals surface area (Å²) in [6.07, 6.45) is 8.45. The van der Waals surface area contributed by atoms with Gasteiger partial charge < -0.3 is 19.6 Å². The van der Waals surface area contributed by atoms with E-state index in [9.17, 15) is 14.7 Å². The monoisotopic (exact) mass is 474 g/mol. The van der Waals surface area contributed by atoms with E-state index in [4.69, 9.17) is 9.72 Å². The number of aliphatic hydroxyl groups is 1. The molecular weight excluding hydrogens is 444 g/mol. The van der Waals surface area contributed by atoms with Crippen LogP contribution in [0, 0.1) is 0 Å². The Morgan fingerprint density at radius 3 is 2.71 bits per heavy atom. The zero-order valence-electron chi connectivity index (χ0n) is 19.9. The Kier molecular flexibility index (Phi) is 6.38. The van der Waals surface area contributed by atoms with Crippen LogP contribution >= 0.6 is 0 Å². The normalized spacial score (nSPS) is 16.7. The number of hydrogen-bond donors (Lipinski definition) is 1. The van der Waals surface area contributed by atoms with E-state index in [1.165, 1.54) is 7.11 Å². The molecule has 1 aromatic carbocycles. The molecule has 1 spiro atoms. The average molecular weight is 475 g/mol. The van der Waals surface area contributed by atoms with Gasteiger partial charge in [0.1, 0.15) is 0 Å². The van der Waals surface area contributed by atoms with Gasteiger partial charge >= 0.3 is 6.09 Å². The van der Waals surface area contributed by atoms with Gasteiger partial charge in [-0.1, -0.05) is 24.3 Å². The summed E-state index contributed by atoms with van der Waals surface area (Å²) >= 11 is 0. The number of carbonyl (C=O) groups excluding carboxylic acids is 2. The van der Waals surface area contributed by atoms with Crippen molar-refractivity contribution in [2.45, 2.75) is 44.1 Å². The third kappa shape index (κ3) is 4.01. The van der Waals surface area contributed by atoms with Crippen LogP contribution in [0.25, 0.3) is 10.8 Å². The van der Waals surface area contributed by atoms with E-state index < -0.39 is 5.41 Å². The average Bonchev–Trinajstić information content (AvgIpc) is 3.12. The molecule has 2 aromatic heterocycles. The minimum atomic E-state index is -0.670. The highest BCUT2D eigenvalue weighted by Gasteiger charge is 2.52. The van der Waals surface area contributed by atoms with Gasteiger partial charge in [-0.05, 0) is 54.7 Å². The molecule has 8 nitrogen and oxygen atoms in total. The lowest BCUT2D eigenvalue weighted by Crippen LogP contribution is -2.50. The second kappa shape index (κ2) is 9.62. The highest BCUT2D eigenvalue weighted by atomic mass is 16.5. The van der Waals surface area contributed by atoms with Gasteiger partial charge in [-0.25, -0.2) is 4.79 Å². The minimum absolute atomic E-state index is 0.0429. The maximum absolute atomic E-state index is 14.0. The zero-order valence-corrected chi connectivity index (χ0v) is 19.9. The molecule has 0 radical (unpaired) electrons. The molecule has 4 heterocycles. The van der Waals surface area contributed by atoms with Gasteiger partial charge in [0.2, 0.25) is 5.91 Å². The summed E-state index contributed by atoms with van der Waals surface area (Å²) in [4.78, 5) is 38.7. The fourth-order valence-corrected chi connectivity index (χ4v) is 5.57. The molecule has 1 N–H and O–H groups in total. The number of methoxy groups -OCH3 is 1. The van der Waals surface area contributed by atoms with Crippen molar-refractivity contribution >= 4 is 28.5 Å². The number of anilines is 1. The van der Waals surface area contributed by atoms with Crippen LogP contribution in [-0.2, 0) is 27.9 Å². The standard InChI is InChI=1S/C27H30N4O4/c1-35-26(34)30-13-10-27(11-14-30)22-9-12-28-17-24(22)31(25(27)33)18-23-21(8-4-5-15-32)20-7-3-2-6-19(20)16-29-23/h2-3,6-7,9,12,16-17,32H,4-5,8,10-11,13-15,18H2,1H3. The van der Waals surface area contributed by atoms with Crippen LogP contribution in [0.3, 0.4) is 0 Å². The van der Waals surface area contributed by atoms with Gasteiger partial charge in [0.05, 0.1) is 36.6 Å². The summed E-state index contributed by atoms with van der Waals surface area (Å²) in [7, 11) is 1.38. The van der Waals surface area contributed by atoms with E-state index in [2.05, 4.69) is 11.1 Å². The molecular formula is C27H30N4O4. The molecule has 2 aliphatic heterocycles. The smallest absolute Gasteiger partial charge is 0.409 e. The summed E-state index contributed by atoms with van der Waals surface area (Å²) in [6.45, 7) is 1.45. The predicted octanol–water partition coefficient (Wildman–Crippen LogP) is 3.59. The van der Waals surface area contributed by atoms with E-state index in [0.717, 1.165) is 52.5 Å². The summed E-state index contributed by atoms with van der Waals surface area (Å²) in [5.74, 6) is 0.0429. The fraction of sp³-hybridized carbons (Fsp3) is 0.407. The molecule has 1 saturated heterocycles. The number of aromatic nitrogens is 2. The van der Waals surface area contributed by atoms with Crippen molar-refractivity contribution in [1.82, 2.24) is 14.9 Å². The molecule has 0 saturated carbocycles. The number of aliphatic hydroxyl groups excluding tert-OH is 1. The van der Waals surface area contributed by atoms with Crippen molar-refractivity contribution < 1.29 is 19.4 Å². The van der Waals surface area contributed by atoms with Crippen LogP contribution in [0.4, 0.5) is 10.5 Å². The van der Waals surface area contributed by atoms with Crippen molar-refractivity contribution in [2.24, 2.45) is 0 Å². The van der Waals surface area contributed by atoms with Gasteiger partial charge in [-0.2, -0.15) is 0 Å². The number of carbonyl (C=O) groups is 2. The number of rotatable bonds is 6. The second-order valence-electron chi connectivity index (χ2n) is 9.27. The molecule has 0 atom stereocenters. The molecule has 0 aliphatic carbocycles. The van der Waals surface area contributed by atoms with E-state index in [1.54, 1.807) is 17.3 Å². The lowest BCUT2D eigenvalue weighted by molar-refractivity contribution is -0.124. The number of unbranched alkanes of at least 4 members (excludes halogenated alkanes) is 1. The van der Waals surface area contributed by atoms with Crippen molar-refractivity contribution in [3.8, 4) is 0 Å². The van der Waals surface area contributed by atoms with Crippen LogP contribution in [0.15, 0.2) is 48.9 Å². The number of aryl methyl sites for hydroxylation is 1. The first-order valence-corrected chi connectivity index (χ1v) is 12.1. The molecule has 8 heteroatoms. The van der Waals surface area contributed by atoms with Crippen molar-refractivity contribution in [3.63, 3.8) is 0 Å². The highest BCUT2D eigenvalue weighted by molar-refractivity contribution is 6.08. The van der Waals surface area contributed by atoms with Gasteiger partial charge in [-0.3, -0.25) is 14.8 Å². The molecule has 1 fully saturated rings. The van der Waals surface area contributed by atoms with E-state index in [-0.39, 0.29) is 18.6 Å². The molecule has 35 heavy (non-hydrogen) atoms. The van der Waals surface area contributed by atoms with Crippen molar-refractivity contribution in [2.75, 3.05) is 31.7 Å². The van der Waals surface area contributed by atoms with Crippen LogP contribution < -0.4 is 4.90 Å². The summed E-state index contributed by atoms with van der Waals surface area (Å²) < 4.78 is 4.88. The maximum atomic E-state index is 14.0. The number of nitrogens with zero attached hydrogens (tertiary/aromatic N) is 4. The number of benzene rings is 1. The summed E-state index contributed by atoms with van der Waals surface area (Å²) in [5, 5.41) is 11.5. The second-order valence-corrected chi connectivity index (χ2v) is 9.27. The van der Waals surface area contributed by atoms with Crippen molar-refractivity contribution in [1.29, 1.82) is 0 Å². The topological polar surface area (TPSA) is 95.9 Å². The fourth-order valence-electron chi connectivity index (χ4n) is 5.57. The number of hydrogen-bond acceptors (Lipinski definition) is 6. The Morgan fingerprint density at radius 1 is 1.14 bits per heavy atom. The zero-order chi connectivity index (χ0) is 24.4. The van der Waals surface area contributed by atoms with Crippen LogP contribution in [0.2, 0.25) is 0 Å². The quantitative estimate of drug-likeness (QED) is 0.549. The lowest BCUT2D eigenvalue weighted by atomic mass is 9.74. The van der Waals surface area contributed by atoms with Crippen LogP contribution in [0.5, 0.6) is 0 Å². The number of ether oxygens (including phenoxy) is 1. The Labute approximate surface area is 204 Å². The maximum Gasteiger partial charge on any atom is 0.409 e. The number of likely N-dealkylation sites (tertiary alicyclic amines) is 1. The Morgan fingerprint density at radius 2 is 1.94 bits per heavy atom. The predicted molar refractivity (Wildman–Crippen MR) is 132 cm³/mol. The molecule has 0 unspecified atom stereocenters. The first kappa shape index (κ1) is 23.2. The molecule has 2 aliphatic rings. The Bertz CT molecular complexity index is 1250. The Balaban J connectivity index is 1.49. The first-order valence-electron chi connectivity index (χ1n) is 12.1. The van der Waals surface area contributed by atoms with Gasteiger partial charge in [0, 0.05) is 37.5 Å². The van der Waals surface area contributed by atoms with Gasteiger partial charge in [-0.15, -0.1) is 0 Å². The molecule has 5 rings (SSSR count). The van der Waals surface area contributed by atoms with Gasteiger partial charge in [0.15, 0.2) is 0 Å². The molecule has 182 valence electrons.